The van der Waals surface area contributed by atoms with Crippen molar-refractivity contribution in [2.75, 3.05) is 0 Å². The molecule has 0 atom stereocenters. The second-order valence-electron chi connectivity index (χ2n) is 2.98. The summed E-state index contributed by atoms with van der Waals surface area (Å²) in [7, 11) is 0. The summed E-state index contributed by atoms with van der Waals surface area (Å²) < 4.78 is 6.35. The van der Waals surface area contributed by atoms with Gasteiger partial charge in [-0.3, -0.25) is 0 Å². The summed E-state index contributed by atoms with van der Waals surface area (Å²) in [4.78, 5) is 4.10. The number of nitrogens with zero attached hydrogens (tertiary/aromatic N) is 1. The third kappa shape index (κ3) is 2.97. The van der Waals surface area contributed by atoms with Crippen molar-refractivity contribution in [3.63, 3.8) is 0 Å². The lowest BCUT2D eigenvalue weighted by Gasteiger charge is -2.09. The molecule has 0 aromatic carbocycles. The van der Waals surface area contributed by atoms with Crippen molar-refractivity contribution in [1.29, 1.82) is 0 Å². The number of hydrogen-bond acceptors (Lipinski definition) is 3. The van der Waals surface area contributed by atoms with Crippen LogP contribution in [0.1, 0.15) is 19.4 Å². The molecular weight excluding hydrogens is 232 g/mol. The minimum Gasteiger partial charge on any atom is -0.475 e. The van der Waals surface area contributed by atoms with Crippen LogP contribution in [0.15, 0.2) is 16.7 Å². The lowest BCUT2D eigenvalue weighted by atomic mass is 10.3. The molecule has 3 nitrogen and oxygen atoms in total. The molecule has 0 amide bonds. The van der Waals surface area contributed by atoms with E-state index in [1.165, 1.54) is 0 Å². The van der Waals surface area contributed by atoms with E-state index in [-0.39, 0.29) is 6.10 Å². The fourth-order valence-corrected chi connectivity index (χ4v) is 1.30. The Kier molecular flexibility index (Phi) is 3.69. The van der Waals surface area contributed by atoms with Gasteiger partial charge in [0.2, 0.25) is 5.88 Å². The van der Waals surface area contributed by atoms with Crippen molar-refractivity contribution in [2.45, 2.75) is 26.5 Å². The highest BCUT2D eigenvalue weighted by Crippen LogP contribution is 2.19. The molecule has 0 aliphatic rings. The first-order valence-corrected chi connectivity index (χ1v) is 4.94. The van der Waals surface area contributed by atoms with Gasteiger partial charge in [0.1, 0.15) is 0 Å². The fraction of sp³-hybridized carbons (Fsp3) is 0.444. The van der Waals surface area contributed by atoms with Crippen LogP contribution in [0.2, 0.25) is 0 Å². The van der Waals surface area contributed by atoms with Crippen LogP contribution >= 0.6 is 15.9 Å². The second-order valence-corrected chi connectivity index (χ2v) is 3.84. The first kappa shape index (κ1) is 10.5. The van der Waals surface area contributed by atoms with E-state index in [2.05, 4.69) is 20.9 Å². The first-order valence-electron chi connectivity index (χ1n) is 4.14. The smallest absolute Gasteiger partial charge is 0.213 e. The Morgan fingerprint density at radius 3 is 2.85 bits per heavy atom. The molecule has 1 heterocycles. The number of hydrogen-bond donors (Lipinski definition) is 1. The summed E-state index contributed by atoms with van der Waals surface area (Å²) in [6.07, 6.45) is 1.85. The van der Waals surface area contributed by atoms with Crippen molar-refractivity contribution >= 4 is 15.9 Å². The molecule has 13 heavy (non-hydrogen) atoms. The second kappa shape index (κ2) is 4.58. The molecule has 4 heteroatoms. The summed E-state index contributed by atoms with van der Waals surface area (Å²) in [6.45, 7) is 4.41. The van der Waals surface area contributed by atoms with Gasteiger partial charge in [0.05, 0.1) is 6.10 Å². The Labute approximate surface area is 86.4 Å². The van der Waals surface area contributed by atoms with Gasteiger partial charge in [-0.25, -0.2) is 4.98 Å². The van der Waals surface area contributed by atoms with E-state index >= 15 is 0 Å². The Balaban J connectivity index is 2.86. The monoisotopic (exact) mass is 244 g/mol. The number of pyridine rings is 1. The quantitative estimate of drug-likeness (QED) is 0.886. The summed E-state index contributed by atoms with van der Waals surface area (Å²) in [5.74, 6) is 0.624. The molecule has 0 radical (unpaired) electrons. The van der Waals surface area contributed by atoms with E-state index < -0.39 is 0 Å². The van der Waals surface area contributed by atoms with Gasteiger partial charge >= 0.3 is 0 Å². The zero-order chi connectivity index (χ0) is 9.84. The van der Waals surface area contributed by atoms with Crippen LogP contribution in [0.4, 0.5) is 0 Å². The van der Waals surface area contributed by atoms with E-state index in [1.54, 1.807) is 6.20 Å². The van der Waals surface area contributed by atoms with Gasteiger partial charge in [0, 0.05) is 23.3 Å². The van der Waals surface area contributed by atoms with Crippen LogP contribution in [0.3, 0.4) is 0 Å². The van der Waals surface area contributed by atoms with E-state index in [4.69, 9.17) is 10.5 Å². The van der Waals surface area contributed by atoms with Crippen LogP contribution in [-0.4, -0.2) is 11.1 Å². The maximum absolute atomic E-state index is 5.54. The molecule has 0 saturated carbocycles. The maximum Gasteiger partial charge on any atom is 0.213 e. The molecule has 0 fully saturated rings. The van der Waals surface area contributed by atoms with Crippen LogP contribution in [-0.2, 0) is 6.54 Å². The number of nitrogens with two attached hydrogens (primary N) is 1. The van der Waals surface area contributed by atoms with Gasteiger partial charge in [0.25, 0.3) is 0 Å². The van der Waals surface area contributed by atoms with Crippen molar-refractivity contribution < 1.29 is 4.74 Å². The molecular formula is C9H13BrN2O. The van der Waals surface area contributed by atoms with Gasteiger partial charge in [-0.15, -0.1) is 0 Å². The van der Waals surface area contributed by atoms with Gasteiger partial charge in [-0.2, -0.15) is 0 Å². The average Bonchev–Trinajstić information content (AvgIpc) is 2.07. The topological polar surface area (TPSA) is 48.1 Å². The average molecular weight is 245 g/mol. The summed E-state index contributed by atoms with van der Waals surface area (Å²) in [6, 6.07) is 1.85. The SMILES string of the molecule is CC(C)Oc1cc(CN)c(Br)cn1. The molecule has 1 aromatic heterocycles. The van der Waals surface area contributed by atoms with E-state index in [1.807, 2.05) is 19.9 Å². The normalized spacial score (nSPS) is 10.5. The minimum absolute atomic E-state index is 0.138. The van der Waals surface area contributed by atoms with Crippen LogP contribution in [0, 0.1) is 0 Å². The lowest BCUT2D eigenvalue weighted by molar-refractivity contribution is 0.232. The third-order valence-electron chi connectivity index (χ3n) is 1.49. The van der Waals surface area contributed by atoms with Crippen molar-refractivity contribution in [3.05, 3.63) is 22.3 Å². The fourth-order valence-electron chi connectivity index (χ4n) is 0.921. The van der Waals surface area contributed by atoms with E-state index in [0.29, 0.717) is 12.4 Å². The highest BCUT2D eigenvalue weighted by Gasteiger charge is 2.03. The van der Waals surface area contributed by atoms with Gasteiger partial charge in [-0.1, -0.05) is 0 Å². The molecule has 0 bridgehead atoms. The zero-order valence-corrected chi connectivity index (χ0v) is 9.34. The number of ether oxygens (including phenoxy) is 1. The predicted octanol–water partition coefficient (Wildman–Crippen LogP) is 2.09. The Bertz CT molecular complexity index is 289. The van der Waals surface area contributed by atoms with Gasteiger partial charge < -0.3 is 10.5 Å². The van der Waals surface area contributed by atoms with Gasteiger partial charge in [0.15, 0.2) is 0 Å². The number of rotatable bonds is 3. The molecule has 1 rings (SSSR count). The highest BCUT2D eigenvalue weighted by molar-refractivity contribution is 9.10. The zero-order valence-electron chi connectivity index (χ0n) is 7.75. The number of aromatic nitrogens is 1. The number of halogens is 1. The Morgan fingerprint density at radius 2 is 2.31 bits per heavy atom. The van der Waals surface area contributed by atoms with Crippen LogP contribution < -0.4 is 10.5 Å². The molecule has 1 aromatic rings. The molecule has 0 aliphatic carbocycles. The summed E-state index contributed by atoms with van der Waals surface area (Å²) >= 11 is 3.36. The Hall–Kier alpha value is -0.610. The van der Waals surface area contributed by atoms with Crippen molar-refractivity contribution in [1.82, 2.24) is 4.98 Å². The summed E-state index contributed by atoms with van der Waals surface area (Å²) in [5.41, 5.74) is 6.54. The predicted molar refractivity (Wildman–Crippen MR) is 55.6 cm³/mol. The molecule has 0 spiro atoms. The molecule has 0 unspecified atom stereocenters. The highest BCUT2D eigenvalue weighted by atomic mass is 79.9. The molecule has 2 N–H and O–H groups in total. The molecule has 0 saturated heterocycles. The van der Waals surface area contributed by atoms with Crippen LogP contribution in [0.5, 0.6) is 5.88 Å². The maximum atomic E-state index is 5.54. The summed E-state index contributed by atoms with van der Waals surface area (Å²) in [5, 5.41) is 0. The minimum atomic E-state index is 0.138. The van der Waals surface area contributed by atoms with Gasteiger partial charge in [-0.05, 0) is 35.3 Å². The Morgan fingerprint density at radius 1 is 1.62 bits per heavy atom. The van der Waals surface area contributed by atoms with Crippen molar-refractivity contribution in [3.8, 4) is 5.88 Å². The van der Waals surface area contributed by atoms with Crippen molar-refractivity contribution in [2.24, 2.45) is 5.73 Å². The first-order chi connectivity index (χ1) is 6.13. The third-order valence-corrected chi connectivity index (χ3v) is 2.20. The van der Waals surface area contributed by atoms with E-state index in [9.17, 15) is 0 Å². The lowest BCUT2D eigenvalue weighted by Crippen LogP contribution is -2.08. The standard InChI is InChI=1S/C9H13BrN2O/c1-6(2)13-9-3-7(4-11)8(10)5-12-9/h3,5-6H,4,11H2,1-2H3. The molecule has 0 aliphatic heterocycles. The van der Waals surface area contributed by atoms with Crippen LogP contribution in [0.25, 0.3) is 0 Å². The van der Waals surface area contributed by atoms with E-state index in [0.717, 1.165) is 10.0 Å². The largest absolute Gasteiger partial charge is 0.475 e. The molecule has 72 valence electrons.